The van der Waals surface area contributed by atoms with Gasteiger partial charge < -0.3 is 20.3 Å². The first kappa shape index (κ1) is 24.6. The zero-order valence-corrected chi connectivity index (χ0v) is 21.9. The number of benzene rings is 2. The molecule has 0 bridgehead atoms. The summed E-state index contributed by atoms with van der Waals surface area (Å²) in [5.74, 6) is 1.51. The van der Waals surface area contributed by atoms with E-state index in [9.17, 15) is 4.79 Å². The van der Waals surface area contributed by atoms with E-state index in [0.29, 0.717) is 18.7 Å². The van der Waals surface area contributed by atoms with Crippen molar-refractivity contribution < 1.29 is 9.53 Å². The third kappa shape index (κ3) is 5.19. The molecule has 0 aliphatic carbocycles. The summed E-state index contributed by atoms with van der Waals surface area (Å²) in [7, 11) is 4.08. The Bertz CT molecular complexity index is 1620. The molecule has 39 heavy (non-hydrogen) atoms. The molecule has 0 unspecified atom stereocenters. The molecule has 0 spiro atoms. The third-order valence-electron chi connectivity index (χ3n) is 6.84. The molecular weight excluding hydrogens is 492 g/mol. The van der Waals surface area contributed by atoms with E-state index in [0.717, 1.165) is 69.9 Å². The normalized spacial score (nSPS) is 12.5. The number of carbonyl (C=O) groups is 1. The van der Waals surface area contributed by atoms with E-state index in [1.165, 1.54) is 0 Å². The maximum absolute atomic E-state index is 13.0. The number of anilines is 2. The summed E-state index contributed by atoms with van der Waals surface area (Å²) in [6.07, 6.45) is 8.03. The minimum absolute atomic E-state index is 0.158. The second-order valence-electron chi connectivity index (χ2n) is 9.87. The van der Waals surface area contributed by atoms with E-state index in [1.807, 2.05) is 79.8 Å². The van der Waals surface area contributed by atoms with Gasteiger partial charge in [-0.2, -0.15) is 10.2 Å². The molecule has 0 atom stereocenters. The average molecular weight is 523 g/mol. The number of carbonyl (C=O) groups excluding carboxylic acids is 1. The van der Waals surface area contributed by atoms with Crippen molar-refractivity contribution in [1.82, 2.24) is 29.9 Å². The summed E-state index contributed by atoms with van der Waals surface area (Å²) < 4.78 is 7.89. The van der Waals surface area contributed by atoms with Gasteiger partial charge in [0.05, 0.1) is 31.1 Å². The molecule has 4 heterocycles. The van der Waals surface area contributed by atoms with E-state index in [4.69, 9.17) is 4.74 Å². The third-order valence-corrected chi connectivity index (χ3v) is 6.84. The number of amides is 1. The quantitative estimate of drug-likeness (QED) is 0.266. The largest absolute Gasteiger partial charge is 0.492 e. The van der Waals surface area contributed by atoms with Gasteiger partial charge in [0.2, 0.25) is 0 Å². The van der Waals surface area contributed by atoms with Gasteiger partial charge in [-0.15, -0.1) is 0 Å². The first-order chi connectivity index (χ1) is 19.0. The number of nitrogens with zero attached hydrogens (tertiary/aromatic N) is 5. The van der Waals surface area contributed by atoms with Gasteiger partial charge >= 0.3 is 0 Å². The molecule has 198 valence electrons. The van der Waals surface area contributed by atoms with E-state index in [1.54, 1.807) is 6.20 Å². The lowest BCUT2D eigenvalue weighted by atomic mass is 10.1. The van der Waals surface area contributed by atoms with Crippen molar-refractivity contribution in [2.75, 3.05) is 37.9 Å². The molecule has 5 aromatic rings. The molecule has 1 amide bonds. The number of hydrogen-bond acceptors (Lipinski definition) is 7. The van der Waals surface area contributed by atoms with Crippen LogP contribution in [0.1, 0.15) is 21.5 Å². The highest BCUT2D eigenvalue weighted by molar-refractivity contribution is 6.06. The highest BCUT2D eigenvalue weighted by Gasteiger charge is 2.22. The first-order valence-corrected chi connectivity index (χ1v) is 12.9. The van der Waals surface area contributed by atoms with Gasteiger partial charge in [-0.05, 0) is 50.0 Å². The van der Waals surface area contributed by atoms with Crippen LogP contribution < -0.4 is 15.4 Å². The molecule has 2 aromatic carbocycles. The van der Waals surface area contributed by atoms with Crippen molar-refractivity contribution in [3.05, 3.63) is 83.9 Å². The molecular formula is C29H30N8O2. The number of aromatic amines is 1. The number of nitrogens with one attached hydrogen (secondary N) is 3. The topological polar surface area (TPSA) is 113 Å². The van der Waals surface area contributed by atoms with Gasteiger partial charge in [0.15, 0.2) is 0 Å². The van der Waals surface area contributed by atoms with Gasteiger partial charge in [-0.1, -0.05) is 12.1 Å². The van der Waals surface area contributed by atoms with Crippen LogP contribution in [0, 0.1) is 0 Å². The van der Waals surface area contributed by atoms with Crippen molar-refractivity contribution in [3.8, 4) is 16.9 Å². The lowest BCUT2D eigenvalue weighted by Gasteiger charge is -2.13. The molecule has 0 radical (unpaired) electrons. The van der Waals surface area contributed by atoms with Gasteiger partial charge in [-0.3, -0.25) is 14.6 Å². The van der Waals surface area contributed by atoms with Crippen molar-refractivity contribution in [2.45, 2.75) is 19.5 Å². The number of pyridine rings is 1. The Morgan fingerprint density at radius 3 is 2.92 bits per heavy atom. The Kier molecular flexibility index (Phi) is 6.68. The molecule has 6 rings (SSSR count). The second-order valence-corrected chi connectivity index (χ2v) is 9.87. The number of H-pyrrole nitrogens is 1. The predicted octanol–water partition coefficient (Wildman–Crippen LogP) is 4.18. The number of aromatic nitrogens is 5. The standard InChI is InChI=1S/C29H30N8O2/c1-36(2)9-10-37-26-7-6-20(13-21(26)17-34-37)29(38)35-23-5-3-4-19(12-23)14-30-28-24-8-11-39-27(24)25(18-31-28)22-15-32-33-16-22/h3-7,12-13,15-18H,8-11,14H2,1-2H3,(H,30,31)(H,32,33)(H,35,38). The van der Waals surface area contributed by atoms with Gasteiger partial charge in [0.1, 0.15) is 11.6 Å². The van der Waals surface area contributed by atoms with E-state index in [2.05, 4.69) is 35.8 Å². The number of ether oxygens (including phenoxy) is 1. The van der Waals surface area contributed by atoms with Gasteiger partial charge in [0.25, 0.3) is 5.91 Å². The SMILES string of the molecule is CN(C)CCn1ncc2cc(C(=O)Nc3cccc(CNc4ncc(-c5cn[nH]c5)c5c4CCO5)c3)ccc21. The van der Waals surface area contributed by atoms with E-state index in [-0.39, 0.29) is 5.91 Å². The second kappa shape index (κ2) is 10.6. The number of rotatable bonds is 9. The molecule has 3 aromatic heterocycles. The van der Waals surface area contributed by atoms with Gasteiger partial charge in [-0.25, -0.2) is 4.98 Å². The summed E-state index contributed by atoms with van der Waals surface area (Å²) in [6, 6.07) is 13.5. The van der Waals surface area contributed by atoms with Crippen molar-refractivity contribution in [2.24, 2.45) is 0 Å². The van der Waals surface area contributed by atoms with Crippen molar-refractivity contribution in [1.29, 1.82) is 0 Å². The molecule has 10 nitrogen and oxygen atoms in total. The zero-order chi connectivity index (χ0) is 26.8. The average Bonchev–Trinajstić information content (AvgIpc) is 3.72. The lowest BCUT2D eigenvalue weighted by molar-refractivity contribution is 0.102. The van der Waals surface area contributed by atoms with Crippen molar-refractivity contribution >= 4 is 28.3 Å². The highest BCUT2D eigenvalue weighted by atomic mass is 16.5. The van der Waals surface area contributed by atoms with Gasteiger partial charge in [0, 0.05) is 65.2 Å². The molecule has 0 saturated carbocycles. The van der Waals surface area contributed by atoms with Crippen LogP contribution in [0.5, 0.6) is 5.75 Å². The Labute approximate surface area is 226 Å². The molecule has 0 fully saturated rings. The Balaban J connectivity index is 1.13. The summed E-state index contributed by atoms with van der Waals surface area (Å²) >= 11 is 0. The molecule has 1 aliphatic heterocycles. The van der Waals surface area contributed by atoms with Crippen molar-refractivity contribution in [3.63, 3.8) is 0 Å². The van der Waals surface area contributed by atoms with Crippen LogP contribution in [0.4, 0.5) is 11.5 Å². The molecule has 10 heteroatoms. The van der Waals surface area contributed by atoms with Crippen LogP contribution in [-0.2, 0) is 19.5 Å². The van der Waals surface area contributed by atoms with Crippen LogP contribution in [0.2, 0.25) is 0 Å². The maximum Gasteiger partial charge on any atom is 0.255 e. The summed E-state index contributed by atoms with van der Waals surface area (Å²) in [5, 5.41) is 18.8. The summed E-state index contributed by atoms with van der Waals surface area (Å²) in [5.41, 5.74) is 6.33. The lowest BCUT2D eigenvalue weighted by Crippen LogP contribution is -2.18. The number of likely N-dealkylation sites (N-methyl/N-ethyl adjacent to an activating group) is 1. The Hall–Kier alpha value is -4.70. The molecule has 3 N–H and O–H groups in total. The van der Waals surface area contributed by atoms with Crippen LogP contribution in [0.15, 0.2) is 67.3 Å². The monoisotopic (exact) mass is 522 g/mol. The van der Waals surface area contributed by atoms with Crippen LogP contribution >= 0.6 is 0 Å². The van der Waals surface area contributed by atoms with Crippen LogP contribution in [-0.4, -0.2) is 63.0 Å². The molecule has 1 aliphatic rings. The number of hydrogen-bond donors (Lipinski definition) is 3. The first-order valence-electron chi connectivity index (χ1n) is 12.9. The fourth-order valence-electron chi connectivity index (χ4n) is 4.79. The van der Waals surface area contributed by atoms with E-state index >= 15 is 0 Å². The summed E-state index contributed by atoms with van der Waals surface area (Å²) in [6.45, 7) is 2.88. The fraction of sp³-hybridized carbons (Fsp3) is 0.241. The van der Waals surface area contributed by atoms with Crippen LogP contribution in [0.25, 0.3) is 22.0 Å². The predicted molar refractivity (Wildman–Crippen MR) is 151 cm³/mol. The minimum Gasteiger partial charge on any atom is -0.492 e. The highest BCUT2D eigenvalue weighted by Crippen LogP contribution is 2.39. The Morgan fingerprint density at radius 2 is 2.08 bits per heavy atom. The fourth-order valence-corrected chi connectivity index (χ4v) is 4.79. The van der Waals surface area contributed by atoms with E-state index < -0.39 is 0 Å². The zero-order valence-electron chi connectivity index (χ0n) is 21.9. The summed E-state index contributed by atoms with van der Waals surface area (Å²) in [4.78, 5) is 19.8. The molecule has 0 saturated heterocycles. The Morgan fingerprint density at radius 1 is 1.15 bits per heavy atom. The maximum atomic E-state index is 13.0. The smallest absolute Gasteiger partial charge is 0.255 e. The number of fused-ring (bicyclic) bond motifs is 2. The minimum atomic E-state index is -0.158. The van der Waals surface area contributed by atoms with Crippen LogP contribution in [0.3, 0.4) is 0 Å².